The van der Waals surface area contributed by atoms with Gasteiger partial charge in [0.15, 0.2) is 0 Å². The Bertz CT molecular complexity index is 351. The summed E-state index contributed by atoms with van der Waals surface area (Å²) in [4.78, 5) is 26.9. The van der Waals surface area contributed by atoms with Gasteiger partial charge in [0.2, 0.25) is 0 Å². The average molecular weight is 227 g/mol. The van der Waals surface area contributed by atoms with Gasteiger partial charge < -0.3 is 15.3 Å². The minimum Gasteiger partial charge on any atom is -0.481 e. The van der Waals surface area contributed by atoms with Gasteiger partial charge in [-0.15, -0.1) is 0 Å². The standard InChI is InChI=1S/C8H13N5O3/c1-13(4-6-10-5-11-12-6)8(16)9-3-2-7(14)15/h5H,2-4H2,1H3,(H,9,16)(H,14,15)(H,10,11,12). The number of carbonyl (C=O) groups excluding carboxylic acids is 1. The number of carboxylic acids is 1. The van der Waals surface area contributed by atoms with Gasteiger partial charge in [-0.05, 0) is 0 Å². The predicted octanol–water partition coefficient (Wildman–Crippen LogP) is -0.579. The third-order valence-electron chi connectivity index (χ3n) is 1.81. The second-order valence-corrected chi connectivity index (χ2v) is 3.16. The average Bonchev–Trinajstić information content (AvgIpc) is 2.69. The van der Waals surface area contributed by atoms with Gasteiger partial charge in [0.05, 0.1) is 13.0 Å². The number of nitrogens with zero attached hydrogens (tertiary/aromatic N) is 3. The SMILES string of the molecule is CN(Cc1ncn[nH]1)C(=O)NCCC(=O)O. The number of nitrogens with one attached hydrogen (secondary N) is 2. The summed E-state index contributed by atoms with van der Waals surface area (Å²) in [5, 5.41) is 17.1. The van der Waals surface area contributed by atoms with E-state index in [9.17, 15) is 9.59 Å². The molecular weight excluding hydrogens is 214 g/mol. The molecule has 2 amide bonds. The van der Waals surface area contributed by atoms with Crippen LogP contribution in [0.3, 0.4) is 0 Å². The van der Waals surface area contributed by atoms with Gasteiger partial charge in [-0.1, -0.05) is 0 Å². The van der Waals surface area contributed by atoms with Crippen LogP contribution in [-0.2, 0) is 11.3 Å². The summed E-state index contributed by atoms with van der Waals surface area (Å²) in [6.07, 6.45) is 1.26. The van der Waals surface area contributed by atoms with Crippen molar-refractivity contribution in [3.05, 3.63) is 12.2 Å². The highest BCUT2D eigenvalue weighted by Crippen LogP contribution is 1.94. The van der Waals surface area contributed by atoms with Gasteiger partial charge in [-0.25, -0.2) is 9.78 Å². The second kappa shape index (κ2) is 5.69. The van der Waals surface area contributed by atoms with Crippen molar-refractivity contribution in [2.75, 3.05) is 13.6 Å². The number of amides is 2. The fourth-order valence-electron chi connectivity index (χ4n) is 1.01. The summed E-state index contributed by atoms with van der Waals surface area (Å²) in [6.45, 7) is 0.397. The lowest BCUT2D eigenvalue weighted by Crippen LogP contribution is -2.38. The van der Waals surface area contributed by atoms with E-state index in [4.69, 9.17) is 5.11 Å². The van der Waals surface area contributed by atoms with Crippen molar-refractivity contribution >= 4 is 12.0 Å². The van der Waals surface area contributed by atoms with Crippen molar-refractivity contribution in [3.8, 4) is 0 Å². The lowest BCUT2D eigenvalue weighted by atomic mass is 10.4. The topological polar surface area (TPSA) is 111 Å². The van der Waals surface area contributed by atoms with E-state index in [-0.39, 0.29) is 19.0 Å². The molecule has 16 heavy (non-hydrogen) atoms. The largest absolute Gasteiger partial charge is 0.481 e. The summed E-state index contributed by atoms with van der Waals surface area (Å²) in [6, 6.07) is -0.349. The number of urea groups is 1. The fraction of sp³-hybridized carbons (Fsp3) is 0.500. The van der Waals surface area contributed by atoms with Gasteiger partial charge >= 0.3 is 12.0 Å². The van der Waals surface area contributed by atoms with Crippen molar-refractivity contribution in [2.45, 2.75) is 13.0 Å². The number of carbonyl (C=O) groups is 2. The number of aromatic nitrogens is 3. The van der Waals surface area contributed by atoms with E-state index >= 15 is 0 Å². The molecule has 1 heterocycles. The highest BCUT2D eigenvalue weighted by molar-refractivity contribution is 5.74. The number of H-pyrrole nitrogens is 1. The molecule has 8 nitrogen and oxygen atoms in total. The smallest absolute Gasteiger partial charge is 0.317 e. The molecule has 0 aliphatic rings. The molecule has 0 fully saturated rings. The molecule has 3 N–H and O–H groups in total. The summed E-state index contributed by atoms with van der Waals surface area (Å²) in [5.41, 5.74) is 0. The number of hydrogen-bond acceptors (Lipinski definition) is 4. The monoisotopic (exact) mass is 227 g/mol. The molecule has 0 bridgehead atoms. The minimum absolute atomic E-state index is 0.0953. The Morgan fingerprint density at radius 2 is 2.38 bits per heavy atom. The Kier molecular flexibility index (Phi) is 4.25. The molecule has 1 aromatic heterocycles. The molecule has 1 aromatic rings. The van der Waals surface area contributed by atoms with Crippen LogP contribution in [0.25, 0.3) is 0 Å². The molecule has 0 unspecified atom stereocenters. The normalized spacial score (nSPS) is 9.81. The summed E-state index contributed by atoms with van der Waals surface area (Å²) in [5.74, 6) is -0.380. The Morgan fingerprint density at radius 3 is 2.94 bits per heavy atom. The maximum Gasteiger partial charge on any atom is 0.317 e. The van der Waals surface area contributed by atoms with E-state index in [0.717, 1.165) is 0 Å². The van der Waals surface area contributed by atoms with E-state index in [0.29, 0.717) is 12.4 Å². The van der Waals surface area contributed by atoms with Crippen LogP contribution in [0.4, 0.5) is 4.79 Å². The van der Waals surface area contributed by atoms with Crippen molar-refractivity contribution in [1.82, 2.24) is 25.4 Å². The first kappa shape index (κ1) is 12.0. The van der Waals surface area contributed by atoms with E-state index in [1.165, 1.54) is 11.2 Å². The number of aliphatic carboxylic acids is 1. The van der Waals surface area contributed by atoms with Gasteiger partial charge in [0.1, 0.15) is 12.2 Å². The molecule has 0 aliphatic heterocycles. The Labute approximate surface area is 91.7 Å². The molecule has 0 atom stereocenters. The highest BCUT2D eigenvalue weighted by Gasteiger charge is 2.10. The molecule has 0 aliphatic carbocycles. The summed E-state index contributed by atoms with van der Waals surface area (Å²) < 4.78 is 0. The first-order valence-electron chi connectivity index (χ1n) is 4.64. The third kappa shape index (κ3) is 3.95. The van der Waals surface area contributed by atoms with E-state index < -0.39 is 5.97 Å². The van der Waals surface area contributed by atoms with Crippen LogP contribution in [0.1, 0.15) is 12.2 Å². The van der Waals surface area contributed by atoms with Crippen LogP contribution < -0.4 is 5.32 Å². The number of hydrogen-bond donors (Lipinski definition) is 3. The van der Waals surface area contributed by atoms with Crippen molar-refractivity contribution < 1.29 is 14.7 Å². The van der Waals surface area contributed by atoms with Crippen molar-refractivity contribution in [2.24, 2.45) is 0 Å². The van der Waals surface area contributed by atoms with Gasteiger partial charge in [-0.2, -0.15) is 5.10 Å². The number of rotatable bonds is 5. The molecule has 0 saturated carbocycles. The maximum atomic E-state index is 11.4. The van der Waals surface area contributed by atoms with Crippen LogP contribution >= 0.6 is 0 Å². The summed E-state index contributed by atoms with van der Waals surface area (Å²) in [7, 11) is 1.58. The Morgan fingerprint density at radius 1 is 1.62 bits per heavy atom. The maximum absolute atomic E-state index is 11.4. The molecule has 0 radical (unpaired) electrons. The van der Waals surface area contributed by atoms with Gasteiger partial charge in [-0.3, -0.25) is 9.89 Å². The predicted molar refractivity (Wildman–Crippen MR) is 53.5 cm³/mol. The van der Waals surface area contributed by atoms with Crippen molar-refractivity contribution in [1.29, 1.82) is 0 Å². The van der Waals surface area contributed by atoms with Crippen LogP contribution in [0.2, 0.25) is 0 Å². The zero-order valence-electron chi connectivity index (χ0n) is 8.80. The minimum atomic E-state index is -0.946. The van der Waals surface area contributed by atoms with Crippen LogP contribution in [0.15, 0.2) is 6.33 Å². The lowest BCUT2D eigenvalue weighted by molar-refractivity contribution is -0.136. The summed E-state index contributed by atoms with van der Waals surface area (Å²) >= 11 is 0. The molecule has 1 rings (SSSR count). The van der Waals surface area contributed by atoms with Crippen LogP contribution in [0, 0.1) is 0 Å². The fourth-order valence-corrected chi connectivity index (χ4v) is 1.01. The molecular formula is C8H13N5O3. The van der Waals surface area contributed by atoms with Crippen LogP contribution in [-0.4, -0.2) is 50.8 Å². The third-order valence-corrected chi connectivity index (χ3v) is 1.81. The second-order valence-electron chi connectivity index (χ2n) is 3.16. The lowest BCUT2D eigenvalue weighted by Gasteiger charge is -2.15. The highest BCUT2D eigenvalue weighted by atomic mass is 16.4. The Hall–Kier alpha value is -2.12. The van der Waals surface area contributed by atoms with Gasteiger partial charge in [0, 0.05) is 13.6 Å². The van der Waals surface area contributed by atoms with Gasteiger partial charge in [0.25, 0.3) is 0 Å². The quantitative estimate of drug-likeness (QED) is 0.623. The van der Waals surface area contributed by atoms with Crippen LogP contribution in [0.5, 0.6) is 0 Å². The van der Waals surface area contributed by atoms with Crippen molar-refractivity contribution in [3.63, 3.8) is 0 Å². The zero-order chi connectivity index (χ0) is 12.0. The Balaban J connectivity index is 2.28. The number of aromatic amines is 1. The van der Waals surface area contributed by atoms with E-state index in [1.54, 1.807) is 7.05 Å². The molecule has 0 spiro atoms. The first-order valence-corrected chi connectivity index (χ1v) is 4.64. The van der Waals surface area contributed by atoms with E-state index in [2.05, 4.69) is 20.5 Å². The first-order chi connectivity index (χ1) is 7.59. The zero-order valence-corrected chi connectivity index (χ0v) is 8.80. The number of carboxylic acid groups (broad SMARTS) is 1. The molecule has 0 saturated heterocycles. The van der Waals surface area contributed by atoms with E-state index in [1.807, 2.05) is 0 Å². The molecule has 8 heteroatoms. The molecule has 0 aromatic carbocycles. The molecule has 88 valence electrons.